The maximum absolute atomic E-state index is 5.53. The van der Waals surface area contributed by atoms with Crippen LogP contribution in [-0.2, 0) is 6.54 Å². The minimum atomic E-state index is 0.295. The van der Waals surface area contributed by atoms with E-state index in [-0.39, 0.29) is 0 Å². The van der Waals surface area contributed by atoms with E-state index in [0.29, 0.717) is 12.8 Å². The molecule has 2 aromatic rings. The highest BCUT2D eigenvalue weighted by Crippen LogP contribution is 2.40. The number of hydrogen-bond donors (Lipinski definition) is 1. The molecule has 1 atom stereocenters. The van der Waals surface area contributed by atoms with Crippen LogP contribution in [0.1, 0.15) is 17.2 Å². The summed E-state index contributed by atoms with van der Waals surface area (Å²) in [6.45, 7) is 4.12. The van der Waals surface area contributed by atoms with E-state index < -0.39 is 0 Å². The Morgan fingerprint density at radius 3 is 3.17 bits per heavy atom. The molecule has 0 bridgehead atoms. The van der Waals surface area contributed by atoms with E-state index in [9.17, 15) is 0 Å². The lowest BCUT2D eigenvalue weighted by Gasteiger charge is -2.36. The lowest BCUT2D eigenvalue weighted by Crippen LogP contribution is -2.45. The van der Waals surface area contributed by atoms with Crippen LogP contribution in [0, 0.1) is 0 Å². The first-order chi connectivity index (χ1) is 11.3. The van der Waals surface area contributed by atoms with Crippen molar-refractivity contribution >= 4 is 15.9 Å². The first-order valence-electron chi connectivity index (χ1n) is 7.74. The molecule has 1 aromatic heterocycles. The van der Waals surface area contributed by atoms with Crippen molar-refractivity contribution in [3.63, 3.8) is 0 Å². The molecule has 0 aliphatic carbocycles. The van der Waals surface area contributed by atoms with Gasteiger partial charge < -0.3 is 14.8 Å². The van der Waals surface area contributed by atoms with E-state index in [1.165, 1.54) is 11.1 Å². The zero-order chi connectivity index (χ0) is 15.6. The number of benzene rings is 1. The Kier molecular flexibility index (Phi) is 4.20. The van der Waals surface area contributed by atoms with Gasteiger partial charge in [0.25, 0.3) is 0 Å². The average Bonchev–Trinajstić information content (AvgIpc) is 3.05. The highest BCUT2D eigenvalue weighted by Gasteiger charge is 2.25. The monoisotopic (exact) mass is 375 g/mol. The fraction of sp³-hybridized carbons (Fsp3) is 0.353. The van der Waals surface area contributed by atoms with Crippen LogP contribution in [0.3, 0.4) is 0 Å². The van der Waals surface area contributed by atoms with E-state index in [4.69, 9.17) is 9.47 Å². The summed E-state index contributed by atoms with van der Waals surface area (Å²) in [5.74, 6) is 1.63. The molecule has 120 valence electrons. The van der Waals surface area contributed by atoms with Crippen molar-refractivity contribution in [3.8, 4) is 11.5 Å². The number of halogens is 1. The second kappa shape index (κ2) is 6.47. The quantitative estimate of drug-likeness (QED) is 0.893. The van der Waals surface area contributed by atoms with Crippen molar-refractivity contribution in [2.75, 3.05) is 26.4 Å². The fourth-order valence-electron chi connectivity index (χ4n) is 3.18. The Labute approximate surface area is 143 Å². The Morgan fingerprint density at radius 2 is 2.30 bits per heavy atom. The number of rotatable bonds is 3. The highest BCUT2D eigenvalue weighted by molar-refractivity contribution is 9.10. The maximum atomic E-state index is 5.53. The lowest BCUT2D eigenvalue weighted by molar-refractivity contribution is 0.153. The zero-order valence-electron chi connectivity index (χ0n) is 12.7. The molecular formula is C17H18BrN3O2. The molecule has 1 saturated heterocycles. The Balaban J connectivity index is 1.58. The van der Waals surface area contributed by atoms with E-state index >= 15 is 0 Å². The van der Waals surface area contributed by atoms with Crippen LogP contribution in [0.2, 0.25) is 0 Å². The molecule has 2 aliphatic heterocycles. The molecule has 3 heterocycles. The molecule has 5 nitrogen and oxygen atoms in total. The molecule has 2 aliphatic rings. The van der Waals surface area contributed by atoms with Crippen LogP contribution in [0.25, 0.3) is 0 Å². The summed E-state index contributed by atoms with van der Waals surface area (Å²) in [5.41, 5.74) is 2.47. The molecule has 1 aromatic carbocycles. The topological polar surface area (TPSA) is 46.6 Å². The summed E-state index contributed by atoms with van der Waals surface area (Å²) in [5, 5.41) is 3.48. The van der Waals surface area contributed by atoms with Crippen LogP contribution in [-0.4, -0.2) is 36.3 Å². The van der Waals surface area contributed by atoms with Crippen LogP contribution in [0.4, 0.5) is 0 Å². The summed E-state index contributed by atoms with van der Waals surface area (Å²) < 4.78 is 11.9. The third kappa shape index (κ3) is 3.06. The van der Waals surface area contributed by atoms with Crippen LogP contribution in [0.15, 0.2) is 41.1 Å². The lowest BCUT2D eigenvalue weighted by atomic mass is 10.0. The molecule has 6 heteroatoms. The molecule has 0 spiro atoms. The molecule has 0 radical (unpaired) electrons. The SMILES string of the molecule is Brc1cc(CN2CCNCC2c2cccnc2)cc2c1OCO2. The van der Waals surface area contributed by atoms with Gasteiger partial charge in [-0.15, -0.1) is 0 Å². The van der Waals surface area contributed by atoms with Crippen molar-refractivity contribution in [1.82, 2.24) is 15.2 Å². The number of piperazine rings is 1. The molecule has 23 heavy (non-hydrogen) atoms. The third-order valence-corrected chi connectivity index (χ3v) is 4.89. The van der Waals surface area contributed by atoms with Gasteiger partial charge in [0.05, 0.1) is 4.47 Å². The van der Waals surface area contributed by atoms with Crippen molar-refractivity contribution in [1.29, 1.82) is 0 Å². The molecule has 1 fully saturated rings. The Bertz CT molecular complexity index is 696. The number of nitrogens with zero attached hydrogens (tertiary/aromatic N) is 2. The number of fused-ring (bicyclic) bond motifs is 1. The van der Waals surface area contributed by atoms with Gasteiger partial charge in [-0.3, -0.25) is 9.88 Å². The third-order valence-electron chi connectivity index (χ3n) is 4.30. The standard InChI is InChI=1S/C17H18BrN3O2/c18-14-6-12(7-16-17(14)23-11-22-16)10-21-5-4-20-9-15(21)13-2-1-3-19-8-13/h1-3,6-8,15,20H,4-5,9-11H2. The second-order valence-electron chi connectivity index (χ2n) is 5.79. The first-order valence-corrected chi connectivity index (χ1v) is 8.53. The van der Waals surface area contributed by atoms with E-state index in [0.717, 1.165) is 42.2 Å². The summed E-state index contributed by atoms with van der Waals surface area (Å²) in [7, 11) is 0. The molecular weight excluding hydrogens is 358 g/mol. The Hall–Kier alpha value is -1.63. The zero-order valence-corrected chi connectivity index (χ0v) is 14.3. The number of ether oxygens (including phenoxy) is 2. The minimum absolute atomic E-state index is 0.295. The maximum Gasteiger partial charge on any atom is 0.231 e. The van der Waals surface area contributed by atoms with Gasteiger partial charge in [-0.05, 0) is 45.3 Å². The number of nitrogens with one attached hydrogen (secondary N) is 1. The van der Waals surface area contributed by atoms with Crippen LogP contribution >= 0.6 is 15.9 Å². The largest absolute Gasteiger partial charge is 0.454 e. The Morgan fingerprint density at radius 1 is 1.35 bits per heavy atom. The number of aromatic nitrogens is 1. The van der Waals surface area contributed by atoms with Crippen LogP contribution < -0.4 is 14.8 Å². The summed E-state index contributed by atoms with van der Waals surface area (Å²) in [6.07, 6.45) is 3.78. The molecule has 1 unspecified atom stereocenters. The predicted octanol–water partition coefficient (Wildman–Crippen LogP) is 2.72. The average molecular weight is 376 g/mol. The van der Waals surface area contributed by atoms with E-state index in [1.54, 1.807) is 0 Å². The van der Waals surface area contributed by atoms with Gasteiger partial charge in [0, 0.05) is 44.6 Å². The minimum Gasteiger partial charge on any atom is -0.454 e. The summed E-state index contributed by atoms with van der Waals surface area (Å²) in [6, 6.07) is 8.68. The second-order valence-corrected chi connectivity index (χ2v) is 6.64. The van der Waals surface area contributed by atoms with Crippen molar-refractivity contribution < 1.29 is 9.47 Å². The fourth-order valence-corrected chi connectivity index (χ4v) is 3.79. The van der Waals surface area contributed by atoms with Gasteiger partial charge >= 0.3 is 0 Å². The van der Waals surface area contributed by atoms with E-state index in [2.05, 4.69) is 49.3 Å². The summed E-state index contributed by atoms with van der Waals surface area (Å²) >= 11 is 3.58. The normalized spacial score (nSPS) is 20.7. The molecule has 4 rings (SSSR count). The molecule has 0 saturated carbocycles. The number of hydrogen-bond acceptors (Lipinski definition) is 5. The van der Waals surface area contributed by atoms with Gasteiger partial charge in [-0.1, -0.05) is 6.07 Å². The smallest absolute Gasteiger partial charge is 0.231 e. The predicted molar refractivity (Wildman–Crippen MR) is 90.5 cm³/mol. The highest BCUT2D eigenvalue weighted by atomic mass is 79.9. The van der Waals surface area contributed by atoms with Crippen LogP contribution in [0.5, 0.6) is 11.5 Å². The van der Waals surface area contributed by atoms with Gasteiger partial charge in [0.15, 0.2) is 11.5 Å². The first kappa shape index (κ1) is 14.9. The van der Waals surface area contributed by atoms with Gasteiger partial charge in [0.2, 0.25) is 6.79 Å². The van der Waals surface area contributed by atoms with Crippen molar-refractivity contribution in [2.45, 2.75) is 12.6 Å². The number of pyridine rings is 1. The summed E-state index contributed by atoms with van der Waals surface area (Å²) in [4.78, 5) is 6.75. The molecule has 1 N–H and O–H groups in total. The van der Waals surface area contributed by atoms with Crippen molar-refractivity contribution in [2.24, 2.45) is 0 Å². The van der Waals surface area contributed by atoms with E-state index in [1.807, 2.05) is 18.5 Å². The van der Waals surface area contributed by atoms with Gasteiger partial charge in [0.1, 0.15) is 0 Å². The van der Waals surface area contributed by atoms with Crippen molar-refractivity contribution in [3.05, 3.63) is 52.3 Å². The molecule has 0 amide bonds. The van der Waals surface area contributed by atoms with Gasteiger partial charge in [-0.2, -0.15) is 0 Å². The van der Waals surface area contributed by atoms with Gasteiger partial charge in [-0.25, -0.2) is 0 Å².